The Balaban J connectivity index is 2.67. The average molecular weight is 215 g/mol. The molecule has 0 spiro atoms. The standard InChI is InChI=1S/C10H15ClN2O/c1-7(6-14-2)13-10-4-3-8(12)5-9(10)11/h3-5,7,13H,6,12H2,1-2H3. The number of nitrogen functional groups attached to an aromatic ring is 1. The van der Waals surface area contributed by atoms with Crippen LogP contribution < -0.4 is 11.1 Å². The molecule has 14 heavy (non-hydrogen) atoms. The van der Waals surface area contributed by atoms with Crippen LogP contribution in [0.5, 0.6) is 0 Å². The lowest BCUT2D eigenvalue weighted by Crippen LogP contribution is -2.20. The summed E-state index contributed by atoms with van der Waals surface area (Å²) < 4.78 is 5.01. The van der Waals surface area contributed by atoms with Crippen molar-refractivity contribution in [3.05, 3.63) is 23.2 Å². The van der Waals surface area contributed by atoms with Crippen LogP contribution in [0.4, 0.5) is 11.4 Å². The predicted molar refractivity (Wildman–Crippen MR) is 60.8 cm³/mol. The molecule has 1 atom stereocenters. The minimum atomic E-state index is 0.223. The Morgan fingerprint density at radius 1 is 1.57 bits per heavy atom. The fourth-order valence-corrected chi connectivity index (χ4v) is 1.45. The normalized spacial score (nSPS) is 12.5. The third-order valence-corrected chi connectivity index (χ3v) is 2.12. The van der Waals surface area contributed by atoms with E-state index >= 15 is 0 Å². The molecule has 3 nitrogen and oxygen atoms in total. The van der Waals surface area contributed by atoms with Crippen LogP contribution in [0.1, 0.15) is 6.92 Å². The number of benzene rings is 1. The fraction of sp³-hybridized carbons (Fsp3) is 0.400. The summed E-state index contributed by atoms with van der Waals surface area (Å²) in [5.74, 6) is 0. The van der Waals surface area contributed by atoms with E-state index in [2.05, 4.69) is 5.32 Å². The van der Waals surface area contributed by atoms with E-state index in [1.807, 2.05) is 19.1 Å². The molecular weight excluding hydrogens is 200 g/mol. The highest BCUT2D eigenvalue weighted by Crippen LogP contribution is 2.24. The molecule has 1 aromatic rings. The van der Waals surface area contributed by atoms with Crippen molar-refractivity contribution >= 4 is 23.0 Å². The average Bonchev–Trinajstić information content (AvgIpc) is 2.10. The van der Waals surface area contributed by atoms with Gasteiger partial charge in [-0.2, -0.15) is 0 Å². The van der Waals surface area contributed by atoms with Crippen LogP contribution in [0.25, 0.3) is 0 Å². The van der Waals surface area contributed by atoms with Gasteiger partial charge in [-0.1, -0.05) is 11.6 Å². The molecule has 1 rings (SSSR count). The quantitative estimate of drug-likeness (QED) is 0.757. The molecule has 0 aliphatic carbocycles. The Morgan fingerprint density at radius 3 is 2.86 bits per heavy atom. The summed E-state index contributed by atoms with van der Waals surface area (Å²) in [6.07, 6.45) is 0. The zero-order chi connectivity index (χ0) is 10.6. The summed E-state index contributed by atoms with van der Waals surface area (Å²) in [5.41, 5.74) is 7.13. The van der Waals surface area contributed by atoms with E-state index in [1.54, 1.807) is 13.2 Å². The van der Waals surface area contributed by atoms with Crippen molar-refractivity contribution in [2.45, 2.75) is 13.0 Å². The molecule has 0 fully saturated rings. The van der Waals surface area contributed by atoms with E-state index in [-0.39, 0.29) is 6.04 Å². The number of methoxy groups -OCH3 is 1. The maximum atomic E-state index is 5.99. The highest BCUT2D eigenvalue weighted by molar-refractivity contribution is 6.33. The van der Waals surface area contributed by atoms with Crippen LogP contribution in [0.3, 0.4) is 0 Å². The van der Waals surface area contributed by atoms with Crippen LogP contribution >= 0.6 is 11.6 Å². The van der Waals surface area contributed by atoms with Gasteiger partial charge in [-0.15, -0.1) is 0 Å². The molecule has 3 N–H and O–H groups in total. The first kappa shape index (κ1) is 11.1. The van der Waals surface area contributed by atoms with Gasteiger partial charge >= 0.3 is 0 Å². The van der Waals surface area contributed by atoms with Crippen molar-refractivity contribution in [1.29, 1.82) is 0 Å². The summed E-state index contributed by atoms with van der Waals surface area (Å²) in [6.45, 7) is 2.66. The summed E-state index contributed by atoms with van der Waals surface area (Å²) in [4.78, 5) is 0. The predicted octanol–water partition coefficient (Wildman–Crippen LogP) is 2.37. The lowest BCUT2D eigenvalue weighted by molar-refractivity contribution is 0.190. The molecule has 0 aromatic heterocycles. The van der Waals surface area contributed by atoms with Crippen molar-refractivity contribution in [1.82, 2.24) is 0 Å². The van der Waals surface area contributed by atoms with Gasteiger partial charge in [0.1, 0.15) is 0 Å². The number of nitrogens with two attached hydrogens (primary N) is 1. The van der Waals surface area contributed by atoms with Crippen LogP contribution in [0.15, 0.2) is 18.2 Å². The Hall–Kier alpha value is -0.930. The van der Waals surface area contributed by atoms with Gasteiger partial charge in [0.25, 0.3) is 0 Å². The Labute approximate surface area is 89.2 Å². The number of anilines is 2. The number of halogens is 1. The molecule has 4 heteroatoms. The molecule has 0 radical (unpaired) electrons. The first-order valence-corrected chi connectivity index (χ1v) is 4.81. The van der Waals surface area contributed by atoms with E-state index in [9.17, 15) is 0 Å². The van der Waals surface area contributed by atoms with Crippen LogP contribution in [-0.4, -0.2) is 19.8 Å². The lowest BCUT2D eigenvalue weighted by Gasteiger charge is -2.15. The first-order valence-electron chi connectivity index (χ1n) is 4.44. The maximum Gasteiger partial charge on any atom is 0.0661 e. The Kier molecular flexibility index (Phi) is 4.04. The van der Waals surface area contributed by atoms with Crippen molar-refractivity contribution in [3.63, 3.8) is 0 Å². The number of nitrogens with one attached hydrogen (secondary N) is 1. The molecule has 0 amide bonds. The first-order chi connectivity index (χ1) is 6.63. The van der Waals surface area contributed by atoms with Crippen molar-refractivity contribution in [3.8, 4) is 0 Å². The second-order valence-corrected chi connectivity index (χ2v) is 3.65. The van der Waals surface area contributed by atoms with Crippen molar-refractivity contribution in [2.24, 2.45) is 0 Å². The molecule has 0 saturated carbocycles. The van der Waals surface area contributed by atoms with E-state index in [1.165, 1.54) is 0 Å². The molecule has 78 valence electrons. The van der Waals surface area contributed by atoms with Gasteiger partial charge < -0.3 is 15.8 Å². The van der Waals surface area contributed by atoms with Crippen LogP contribution in [0.2, 0.25) is 5.02 Å². The summed E-state index contributed by atoms with van der Waals surface area (Å²) in [5, 5.41) is 3.86. The molecular formula is C10H15ClN2O. The molecule has 1 aromatic carbocycles. The molecule has 0 aliphatic heterocycles. The summed E-state index contributed by atoms with van der Waals surface area (Å²) in [7, 11) is 1.67. The number of hydrogen-bond donors (Lipinski definition) is 2. The highest BCUT2D eigenvalue weighted by Gasteiger charge is 2.04. The van der Waals surface area contributed by atoms with Crippen LogP contribution in [0, 0.1) is 0 Å². The molecule has 0 saturated heterocycles. The smallest absolute Gasteiger partial charge is 0.0661 e. The number of hydrogen-bond acceptors (Lipinski definition) is 3. The van der Waals surface area contributed by atoms with E-state index in [0.29, 0.717) is 17.3 Å². The third kappa shape index (κ3) is 3.09. The minimum absolute atomic E-state index is 0.223. The van der Waals surface area contributed by atoms with Gasteiger partial charge in [-0.3, -0.25) is 0 Å². The zero-order valence-electron chi connectivity index (χ0n) is 8.38. The molecule has 0 heterocycles. The van der Waals surface area contributed by atoms with E-state index < -0.39 is 0 Å². The second kappa shape index (κ2) is 5.08. The Morgan fingerprint density at radius 2 is 2.29 bits per heavy atom. The summed E-state index contributed by atoms with van der Waals surface area (Å²) in [6, 6.07) is 5.63. The number of ether oxygens (including phenoxy) is 1. The minimum Gasteiger partial charge on any atom is -0.399 e. The Bertz CT molecular complexity index is 304. The largest absolute Gasteiger partial charge is 0.399 e. The van der Waals surface area contributed by atoms with Gasteiger partial charge in [0.05, 0.1) is 17.3 Å². The topological polar surface area (TPSA) is 47.3 Å². The zero-order valence-corrected chi connectivity index (χ0v) is 9.14. The maximum absolute atomic E-state index is 5.99. The monoisotopic (exact) mass is 214 g/mol. The fourth-order valence-electron chi connectivity index (χ4n) is 1.21. The van der Waals surface area contributed by atoms with E-state index in [0.717, 1.165) is 5.69 Å². The SMILES string of the molecule is COCC(C)Nc1ccc(N)cc1Cl. The number of rotatable bonds is 4. The van der Waals surface area contributed by atoms with Gasteiger partial charge in [-0.25, -0.2) is 0 Å². The van der Waals surface area contributed by atoms with Gasteiger partial charge in [0, 0.05) is 18.8 Å². The van der Waals surface area contributed by atoms with E-state index in [4.69, 9.17) is 22.1 Å². The summed E-state index contributed by atoms with van der Waals surface area (Å²) >= 11 is 5.99. The van der Waals surface area contributed by atoms with Gasteiger partial charge in [0.15, 0.2) is 0 Å². The lowest BCUT2D eigenvalue weighted by atomic mass is 10.2. The third-order valence-electron chi connectivity index (χ3n) is 1.81. The van der Waals surface area contributed by atoms with Gasteiger partial charge in [0.2, 0.25) is 0 Å². The second-order valence-electron chi connectivity index (χ2n) is 3.24. The van der Waals surface area contributed by atoms with Crippen LogP contribution in [-0.2, 0) is 4.74 Å². The molecule has 0 bridgehead atoms. The molecule has 0 aliphatic rings. The van der Waals surface area contributed by atoms with Gasteiger partial charge in [-0.05, 0) is 25.1 Å². The molecule has 1 unspecified atom stereocenters. The van der Waals surface area contributed by atoms with Crippen molar-refractivity contribution < 1.29 is 4.74 Å². The van der Waals surface area contributed by atoms with Crippen molar-refractivity contribution in [2.75, 3.05) is 24.8 Å². The highest BCUT2D eigenvalue weighted by atomic mass is 35.5.